The van der Waals surface area contributed by atoms with Gasteiger partial charge in [0.15, 0.2) is 0 Å². The number of ether oxygens (including phenoxy) is 1. The van der Waals surface area contributed by atoms with Crippen molar-refractivity contribution in [2.45, 2.75) is 6.92 Å². The van der Waals surface area contributed by atoms with Crippen molar-refractivity contribution in [3.05, 3.63) is 34.3 Å². The summed E-state index contributed by atoms with van der Waals surface area (Å²) in [6.07, 6.45) is 0. The highest BCUT2D eigenvalue weighted by atomic mass is 35.5. The van der Waals surface area contributed by atoms with Crippen LogP contribution in [-0.2, 0) is 0 Å². The number of primary amides is 1. The zero-order valence-electron chi connectivity index (χ0n) is 10.6. The van der Waals surface area contributed by atoms with Crippen LogP contribution in [0.1, 0.15) is 15.9 Å². The first kappa shape index (κ1) is 13.3. The Balaban J connectivity index is 2.61. The summed E-state index contributed by atoms with van der Waals surface area (Å²) in [6.45, 7) is 1.88. The van der Waals surface area contributed by atoms with Crippen LogP contribution in [0.4, 0.5) is 5.82 Å². The number of H-pyrrole nitrogens is 1. The average molecular weight is 280 g/mol. The second-order valence-electron chi connectivity index (χ2n) is 4.18. The molecule has 0 saturated heterocycles. The molecule has 1 aromatic carbocycles. The smallest absolute Gasteiger partial charge is 0.252 e. The number of aromatic amines is 1. The summed E-state index contributed by atoms with van der Waals surface area (Å²) < 4.78 is 5.31. The summed E-state index contributed by atoms with van der Waals surface area (Å²) in [5.74, 6) is 0.276. The van der Waals surface area contributed by atoms with Gasteiger partial charge in [-0.25, -0.2) is 0 Å². The van der Waals surface area contributed by atoms with Gasteiger partial charge in [0.1, 0.15) is 11.6 Å². The number of nitrogen functional groups attached to an aromatic ring is 1. The number of aromatic nitrogens is 1. The van der Waals surface area contributed by atoms with Gasteiger partial charge in [0, 0.05) is 10.6 Å². The number of rotatable bonds is 3. The summed E-state index contributed by atoms with van der Waals surface area (Å²) >= 11 is 6.11. The number of anilines is 1. The molecule has 5 N–H and O–H groups in total. The molecule has 100 valence electrons. The summed E-state index contributed by atoms with van der Waals surface area (Å²) in [5.41, 5.74) is 13.4. The lowest BCUT2D eigenvalue weighted by atomic mass is 10.1. The van der Waals surface area contributed by atoms with Gasteiger partial charge in [0.2, 0.25) is 0 Å². The zero-order valence-corrected chi connectivity index (χ0v) is 11.3. The number of nitrogens with one attached hydrogen (secondary N) is 1. The maximum absolute atomic E-state index is 11.2. The molecule has 0 aliphatic heterocycles. The third-order valence-corrected chi connectivity index (χ3v) is 3.29. The second kappa shape index (κ2) is 4.85. The first-order chi connectivity index (χ1) is 8.93. The number of halogens is 1. The zero-order chi connectivity index (χ0) is 14.2. The fraction of sp³-hybridized carbons (Fsp3) is 0.154. The van der Waals surface area contributed by atoms with Crippen LogP contribution in [0.3, 0.4) is 0 Å². The molecule has 5 nitrogen and oxygen atoms in total. The van der Waals surface area contributed by atoms with E-state index in [1.165, 1.54) is 0 Å². The molecule has 0 aliphatic rings. The maximum atomic E-state index is 11.2. The van der Waals surface area contributed by atoms with Crippen LogP contribution in [0.5, 0.6) is 5.75 Å². The van der Waals surface area contributed by atoms with Crippen molar-refractivity contribution in [1.82, 2.24) is 4.98 Å². The van der Waals surface area contributed by atoms with Gasteiger partial charge in [0.25, 0.3) is 5.91 Å². The van der Waals surface area contributed by atoms with Crippen LogP contribution in [0.25, 0.3) is 11.3 Å². The topological polar surface area (TPSA) is 94.1 Å². The number of carbonyl (C=O) groups excluding carboxylic acids is 1. The summed E-state index contributed by atoms with van der Waals surface area (Å²) in [7, 11) is 1.56. The van der Waals surface area contributed by atoms with E-state index in [0.717, 1.165) is 11.1 Å². The number of nitrogens with two attached hydrogens (primary N) is 2. The minimum Gasteiger partial charge on any atom is -0.496 e. The Bertz CT molecular complexity index is 650. The van der Waals surface area contributed by atoms with Crippen molar-refractivity contribution in [2.75, 3.05) is 12.8 Å². The molecule has 1 heterocycles. The molecule has 2 rings (SSSR count). The Labute approximate surface area is 115 Å². The molecule has 0 radical (unpaired) electrons. The van der Waals surface area contributed by atoms with Gasteiger partial charge in [-0.05, 0) is 30.7 Å². The van der Waals surface area contributed by atoms with Gasteiger partial charge >= 0.3 is 0 Å². The summed E-state index contributed by atoms with van der Waals surface area (Å²) in [6, 6.07) is 5.16. The molecule has 1 aromatic heterocycles. The van der Waals surface area contributed by atoms with Crippen LogP contribution in [0.2, 0.25) is 5.02 Å². The van der Waals surface area contributed by atoms with Gasteiger partial charge in [-0.15, -0.1) is 0 Å². The lowest BCUT2D eigenvalue weighted by molar-refractivity contribution is 0.100. The molecular formula is C13H14ClN3O2. The molecule has 0 aliphatic carbocycles. The normalized spacial score (nSPS) is 10.5. The first-order valence-corrected chi connectivity index (χ1v) is 5.94. The van der Waals surface area contributed by atoms with Crippen molar-refractivity contribution < 1.29 is 9.53 Å². The van der Waals surface area contributed by atoms with Crippen molar-refractivity contribution in [2.24, 2.45) is 5.73 Å². The Hall–Kier alpha value is -2.14. The minimum atomic E-state index is -0.586. The minimum absolute atomic E-state index is 0.223. The van der Waals surface area contributed by atoms with E-state index in [9.17, 15) is 4.79 Å². The monoisotopic (exact) mass is 279 g/mol. The van der Waals surface area contributed by atoms with E-state index < -0.39 is 5.91 Å². The lowest BCUT2D eigenvalue weighted by Gasteiger charge is -2.09. The fourth-order valence-corrected chi connectivity index (χ4v) is 2.02. The van der Waals surface area contributed by atoms with Gasteiger partial charge in [-0.3, -0.25) is 4.79 Å². The van der Waals surface area contributed by atoms with E-state index >= 15 is 0 Å². The molecule has 0 atom stereocenters. The Morgan fingerprint density at radius 2 is 2.05 bits per heavy atom. The molecule has 0 saturated carbocycles. The standard InChI is InChI=1S/C13H14ClN3O2/c1-6-3-11(19-2)7(4-9(6)14)10-5-8(13(16)18)12(15)17-10/h3-5,17H,15H2,1-2H3,(H2,16,18). The molecule has 0 bridgehead atoms. The van der Waals surface area contributed by atoms with Crippen LogP contribution in [0.15, 0.2) is 18.2 Å². The van der Waals surface area contributed by atoms with E-state index in [1.807, 2.05) is 13.0 Å². The molecule has 19 heavy (non-hydrogen) atoms. The Morgan fingerprint density at radius 3 is 2.58 bits per heavy atom. The Kier molecular flexibility index (Phi) is 3.40. The maximum Gasteiger partial charge on any atom is 0.252 e. The second-order valence-corrected chi connectivity index (χ2v) is 4.58. The van der Waals surface area contributed by atoms with E-state index in [4.69, 9.17) is 27.8 Å². The molecule has 0 unspecified atom stereocenters. The third kappa shape index (κ3) is 2.37. The average Bonchev–Trinajstić information content (AvgIpc) is 2.74. The van der Waals surface area contributed by atoms with Gasteiger partial charge in [0.05, 0.1) is 18.4 Å². The Morgan fingerprint density at radius 1 is 1.37 bits per heavy atom. The van der Waals surface area contributed by atoms with E-state index in [-0.39, 0.29) is 11.4 Å². The predicted octanol–water partition coefficient (Wildman–Crippen LogP) is 2.33. The molecule has 1 amide bonds. The SMILES string of the molecule is COc1cc(C)c(Cl)cc1-c1cc(C(N)=O)c(N)[nH]1. The molecule has 6 heteroatoms. The highest BCUT2D eigenvalue weighted by Crippen LogP contribution is 2.35. The lowest BCUT2D eigenvalue weighted by Crippen LogP contribution is -2.11. The third-order valence-electron chi connectivity index (χ3n) is 2.88. The largest absolute Gasteiger partial charge is 0.496 e. The first-order valence-electron chi connectivity index (χ1n) is 5.56. The molecule has 0 fully saturated rings. The predicted molar refractivity (Wildman–Crippen MR) is 75.5 cm³/mol. The van der Waals surface area contributed by atoms with E-state index in [0.29, 0.717) is 16.5 Å². The number of hydrogen-bond donors (Lipinski definition) is 3. The van der Waals surface area contributed by atoms with Crippen LogP contribution in [-0.4, -0.2) is 18.0 Å². The highest BCUT2D eigenvalue weighted by molar-refractivity contribution is 6.31. The highest BCUT2D eigenvalue weighted by Gasteiger charge is 2.15. The number of benzene rings is 1. The fourth-order valence-electron chi connectivity index (χ4n) is 1.85. The number of methoxy groups -OCH3 is 1. The van der Waals surface area contributed by atoms with E-state index in [2.05, 4.69) is 4.98 Å². The molecular weight excluding hydrogens is 266 g/mol. The van der Waals surface area contributed by atoms with Gasteiger partial charge in [-0.2, -0.15) is 0 Å². The van der Waals surface area contributed by atoms with Crippen molar-refractivity contribution in [3.63, 3.8) is 0 Å². The quantitative estimate of drug-likeness (QED) is 0.805. The van der Waals surface area contributed by atoms with Crippen LogP contribution >= 0.6 is 11.6 Å². The molecule has 2 aromatic rings. The number of aryl methyl sites for hydroxylation is 1. The van der Waals surface area contributed by atoms with Crippen LogP contribution in [0, 0.1) is 6.92 Å². The van der Waals surface area contributed by atoms with Crippen LogP contribution < -0.4 is 16.2 Å². The van der Waals surface area contributed by atoms with Gasteiger partial charge < -0.3 is 21.2 Å². The molecule has 0 spiro atoms. The van der Waals surface area contributed by atoms with Crippen molar-refractivity contribution in [3.8, 4) is 17.0 Å². The van der Waals surface area contributed by atoms with Crippen molar-refractivity contribution >= 4 is 23.3 Å². The summed E-state index contributed by atoms with van der Waals surface area (Å²) in [5, 5.41) is 0.601. The number of hydrogen-bond acceptors (Lipinski definition) is 3. The van der Waals surface area contributed by atoms with E-state index in [1.54, 1.807) is 19.2 Å². The van der Waals surface area contributed by atoms with Gasteiger partial charge in [-0.1, -0.05) is 11.6 Å². The summed E-state index contributed by atoms with van der Waals surface area (Å²) in [4.78, 5) is 14.1. The number of amides is 1. The number of carbonyl (C=O) groups is 1. The van der Waals surface area contributed by atoms with Crippen molar-refractivity contribution in [1.29, 1.82) is 0 Å².